The SMILES string of the molecule is COc1ccc(C(=O)N2c3ccccc3[C@H](N(C(=O)c3cccs3)c3ccccc3)C[C@@H]2C)cc1. The number of amides is 2. The molecule has 2 amide bonds. The fourth-order valence-electron chi connectivity index (χ4n) is 4.75. The number of methoxy groups -OCH3 is 1. The van der Waals surface area contributed by atoms with Crippen LogP contribution in [-0.4, -0.2) is 25.0 Å². The zero-order chi connectivity index (χ0) is 24.4. The third kappa shape index (κ3) is 4.33. The molecule has 0 radical (unpaired) electrons. The smallest absolute Gasteiger partial charge is 0.268 e. The van der Waals surface area contributed by atoms with E-state index < -0.39 is 0 Å². The molecule has 4 aromatic rings. The van der Waals surface area contributed by atoms with Crippen LogP contribution in [0, 0.1) is 0 Å². The van der Waals surface area contributed by atoms with Crippen molar-refractivity contribution >= 4 is 34.5 Å². The van der Waals surface area contributed by atoms with Crippen molar-refractivity contribution in [3.05, 3.63) is 112 Å². The van der Waals surface area contributed by atoms with Gasteiger partial charge in [0, 0.05) is 23.0 Å². The van der Waals surface area contributed by atoms with E-state index in [1.165, 1.54) is 11.3 Å². The minimum absolute atomic E-state index is 0.0341. The minimum Gasteiger partial charge on any atom is -0.497 e. The third-order valence-corrected chi connectivity index (χ3v) is 7.27. The van der Waals surface area contributed by atoms with Gasteiger partial charge in [0.2, 0.25) is 0 Å². The summed E-state index contributed by atoms with van der Waals surface area (Å²) in [5.74, 6) is 0.606. The summed E-state index contributed by atoms with van der Waals surface area (Å²) in [6.07, 6.45) is 0.616. The van der Waals surface area contributed by atoms with Crippen LogP contribution in [0.2, 0.25) is 0 Å². The van der Waals surface area contributed by atoms with Gasteiger partial charge in [0.05, 0.1) is 18.0 Å². The summed E-state index contributed by atoms with van der Waals surface area (Å²) < 4.78 is 5.25. The number of carbonyl (C=O) groups excluding carboxylic acids is 2. The number of carbonyl (C=O) groups is 2. The summed E-state index contributed by atoms with van der Waals surface area (Å²) in [5.41, 5.74) is 3.23. The number of hydrogen-bond acceptors (Lipinski definition) is 4. The van der Waals surface area contributed by atoms with Crippen molar-refractivity contribution in [3.8, 4) is 5.75 Å². The highest BCUT2D eigenvalue weighted by Crippen LogP contribution is 2.43. The highest BCUT2D eigenvalue weighted by molar-refractivity contribution is 7.12. The standard InChI is InChI=1S/C29H26N2O3S/c1-20-19-26(31(22-9-4-3-5-10-22)29(33)27-13-8-18-35-27)24-11-6-7-12-25(24)30(20)28(32)21-14-16-23(34-2)17-15-21/h3-18,20,26H,19H2,1-2H3/t20-,26+/m0/s1. The largest absolute Gasteiger partial charge is 0.497 e. The van der Waals surface area contributed by atoms with Crippen molar-refractivity contribution in [2.45, 2.75) is 25.4 Å². The Kier molecular flexibility index (Phi) is 6.38. The maximum absolute atomic E-state index is 13.8. The molecule has 2 heterocycles. The van der Waals surface area contributed by atoms with Gasteiger partial charge >= 0.3 is 0 Å². The lowest BCUT2D eigenvalue weighted by molar-refractivity contribution is 0.0967. The first-order valence-corrected chi connectivity index (χ1v) is 12.4. The van der Waals surface area contributed by atoms with Crippen LogP contribution in [0.4, 0.5) is 11.4 Å². The van der Waals surface area contributed by atoms with E-state index in [-0.39, 0.29) is 23.9 Å². The maximum Gasteiger partial charge on any atom is 0.268 e. The molecule has 0 unspecified atom stereocenters. The van der Waals surface area contributed by atoms with Gasteiger partial charge in [-0.1, -0.05) is 42.5 Å². The Hall–Kier alpha value is -3.90. The van der Waals surface area contributed by atoms with Crippen molar-refractivity contribution in [1.29, 1.82) is 0 Å². The van der Waals surface area contributed by atoms with E-state index >= 15 is 0 Å². The molecule has 0 fully saturated rings. The van der Waals surface area contributed by atoms with Crippen LogP contribution in [0.15, 0.2) is 96.4 Å². The predicted molar refractivity (Wildman–Crippen MR) is 141 cm³/mol. The van der Waals surface area contributed by atoms with Crippen molar-refractivity contribution < 1.29 is 14.3 Å². The Morgan fingerprint density at radius 2 is 1.63 bits per heavy atom. The predicted octanol–water partition coefficient (Wildman–Crippen LogP) is 6.58. The molecule has 35 heavy (non-hydrogen) atoms. The van der Waals surface area contributed by atoms with Crippen molar-refractivity contribution in [1.82, 2.24) is 0 Å². The Labute approximate surface area is 209 Å². The van der Waals surface area contributed by atoms with Crippen LogP contribution in [0.5, 0.6) is 5.75 Å². The number of para-hydroxylation sites is 2. The fourth-order valence-corrected chi connectivity index (χ4v) is 5.41. The van der Waals surface area contributed by atoms with Crippen LogP contribution < -0.4 is 14.5 Å². The van der Waals surface area contributed by atoms with Gasteiger partial charge in [-0.25, -0.2) is 0 Å². The monoisotopic (exact) mass is 482 g/mol. The molecule has 5 nitrogen and oxygen atoms in total. The van der Waals surface area contributed by atoms with Crippen LogP contribution in [0.1, 0.15) is 45.0 Å². The third-order valence-electron chi connectivity index (χ3n) is 6.41. The van der Waals surface area contributed by atoms with Crippen LogP contribution in [-0.2, 0) is 0 Å². The average molecular weight is 483 g/mol. The van der Waals surface area contributed by atoms with Gasteiger partial charge in [-0.15, -0.1) is 11.3 Å². The van der Waals surface area contributed by atoms with E-state index in [0.717, 1.165) is 16.9 Å². The minimum atomic E-state index is -0.210. The molecule has 1 aliphatic heterocycles. The van der Waals surface area contributed by atoms with E-state index in [1.54, 1.807) is 31.4 Å². The zero-order valence-electron chi connectivity index (χ0n) is 19.6. The van der Waals surface area contributed by atoms with Crippen molar-refractivity contribution in [2.24, 2.45) is 0 Å². The quantitative estimate of drug-likeness (QED) is 0.323. The summed E-state index contributed by atoms with van der Waals surface area (Å²) in [7, 11) is 1.61. The van der Waals surface area contributed by atoms with E-state index in [0.29, 0.717) is 22.6 Å². The van der Waals surface area contributed by atoms with Gasteiger partial charge in [-0.2, -0.15) is 0 Å². The molecule has 6 heteroatoms. The molecule has 1 aromatic heterocycles. The zero-order valence-corrected chi connectivity index (χ0v) is 20.4. The van der Waals surface area contributed by atoms with Crippen molar-refractivity contribution in [3.63, 3.8) is 0 Å². The number of hydrogen-bond donors (Lipinski definition) is 0. The molecule has 0 bridgehead atoms. The number of rotatable bonds is 5. The molecule has 5 rings (SSSR count). The molecule has 0 saturated heterocycles. The lowest BCUT2D eigenvalue weighted by Gasteiger charge is -2.43. The number of nitrogens with zero attached hydrogens (tertiary/aromatic N) is 2. The Balaban J connectivity index is 1.58. The average Bonchev–Trinajstić information content (AvgIpc) is 3.44. The van der Waals surface area contributed by atoms with Gasteiger partial charge in [0.1, 0.15) is 5.75 Å². The number of fused-ring (bicyclic) bond motifs is 1. The molecular weight excluding hydrogens is 456 g/mol. The number of anilines is 2. The summed E-state index contributed by atoms with van der Waals surface area (Å²) in [4.78, 5) is 31.8. The van der Waals surface area contributed by atoms with Gasteiger partial charge in [0.25, 0.3) is 11.8 Å². The highest BCUT2D eigenvalue weighted by atomic mass is 32.1. The maximum atomic E-state index is 13.8. The lowest BCUT2D eigenvalue weighted by atomic mass is 9.89. The first-order chi connectivity index (χ1) is 17.1. The summed E-state index contributed by atoms with van der Waals surface area (Å²) in [6, 6.07) is 28.3. The Bertz CT molecular complexity index is 1320. The van der Waals surface area contributed by atoms with Gasteiger partial charge in [0.15, 0.2) is 0 Å². The van der Waals surface area contributed by atoms with E-state index in [2.05, 4.69) is 0 Å². The first kappa shape index (κ1) is 22.9. The van der Waals surface area contributed by atoms with E-state index in [9.17, 15) is 9.59 Å². The number of thiophene rings is 1. The topological polar surface area (TPSA) is 49.9 Å². The normalized spacial score (nSPS) is 16.9. The van der Waals surface area contributed by atoms with Gasteiger partial charge in [-0.3, -0.25) is 9.59 Å². The lowest BCUT2D eigenvalue weighted by Crippen LogP contribution is -2.47. The molecule has 0 aliphatic carbocycles. The molecule has 1 aliphatic rings. The number of benzene rings is 3. The fraction of sp³-hybridized carbons (Fsp3) is 0.172. The summed E-state index contributed by atoms with van der Waals surface area (Å²) in [5, 5.41) is 1.92. The van der Waals surface area contributed by atoms with Crippen LogP contribution in [0.3, 0.4) is 0 Å². The first-order valence-electron chi connectivity index (χ1n) is 11.6. The van der Waals surface area contributed by atoms with Crippen LogP contribution in [0.25, 0.3) is 0 Å². The van der Waals surface area contributed by atoms with Gasteiger partial charge in [-0.05, 0) is 72.8 Å². The number of ether oxygens (including phenoxy) is 1. The second kappa shape index (κ2) is 9.76. The van der Waals surface area contributed by atoms with Crippen LogP contribution >= 0.6 is 11.3 Å². The molecule has 176 valence electrons. The summed E-state index contributed by atoms with van der Waals surface area (Å²) in [6.45, 7) is 2.04. The van der Waals surface area contributed by atoms with E-state index in [4.69, 9.17) is 4.74 Å². The molecule has 0 spiro atoms. The molecule has 0 saturated carbocycles. The van der Waals surface area contributed by atoms with Crippen molar-refractivity contribution in [2.75, 3.05) is 16.9 Å². The summed E-state index contributed by atoms with van der Waals surface area (Å²) >= 11 is 1.44. The molecule has 3 aromatic carbocycles. The second-order valence-corrected chi connectivity index (χ2v) is 9.50. The Morgan fingerprint density at radius 1 is 0.914 bits per heavy atom. The Morgan fingerprint density at radius 3 is 2.31 bits per heavy atom. The molecule has 2 atom stereocenters. The highest BCUT2D eigenvalue weighted by Gasteiger charge is 2.39. The molecular formula is C29H26N2O3S. The van der Waals surface area contributed by atoms with E-state index in [1.807, 2.05) is 88.8 Å². The van der Waals surface area contributed by atoms with Gasteiger partial charge < -0.3 is 14.5 Å². The molecule has 0 N–H and O–H groups in total. The second-order valence-electron chi connectivity index (χ2n) is 8.55.